The number of imidazole rings is 1. The zero-order chi connectivity index (χ0) is 30.0. The van der Waals surface area contributed by atoms with Crippen molar-refractivity contribution < 1.29 is 23.8 Å². The van der Waals surface area contributed by atoms with Crippen LogP contribution in [0.3, 0.4) is 0 Å². The summed E-state index contributed by atoms with van der Waals surface area (Å²) in [7, 11) is 0. The highest BCUT2D eigenvalue weighted by Crippen LogP contribution is 2.30. The number of fused-ring (bicyclic) bond motifs is 2. The number of aromatic nitrogens is 6. The topological polar surface area (TPSA) is 120 Å². The number of rotatable bonds is 11. The molecule has 12 heteroatoms. The van der Waals surface area contributed by atoms with E-state index in [1.165, 1.54) is 0 Å². The molecule has 0 bridgehead atoms. The number of aryl methyl sites for hydroxylation is 1. The Labute approximate surface area is 253 Å². The van der Waals surface area contributed by atoms with Crippen LogP contribution in [0.15, 0.2) is 54.9 Å². The third kappa shape index (κ3) is 5.87. The summed E-state index contributed by atoms with van der Waals surface area (Å²) in [4.78, 5) is 28.2. The zero-order valence-corrected chi connectivity index (χ0v) is 24.3. The highest BCUT2D eigenvalue weighted by molar-refractivity contribution is 5.92. The van der Waals surface area contributed by atoms with E-state index in [0.717, 1.165) is 78.1 Å². The number of piperidine rings is 1. The number of hydrogen-bond acceptors (Lipinski definition) is 8. The highest BCUT2D eigenvalue weighted by Gasteiger charge is 2.26. The van der Waals surface area contributed by atoms with Crippen LogP contribution in [0.1, 0.15) is 52.6 Å². The van der Waals surface area contributed by atoms with Gasteiger partial charge in [0.25, 0.3) is 0 Å². The predicted octanol–water partition coefficient (Wildman–Crippen LogP) is 4.59. The molecule has 5 aromatic rings. The number of hydrogen-bond donors (Lipinski definition) is 1. The molecule has 1 atom stereocenters. The second-order valence-electron chi connectivity index (χ2n) is 11.5. The molecular weight excluding hydrogens is 565 g/mol. The molecule has 2 aliphatic heterocycles. The maximum absolute atomic E-state index is 12.9. The van der Waals surface area contributed by atoms with Crippen LogP contribution in [0.2, 0.25) is 0 Å². The van der Waals surface area contributed by atoms with Gasteiger partial charge in [0.05, 0.1) is 54.0 Å². The first-order valence-electron chi connectivity index (χ1n) is 15.1. The van der Waals surface area contributed by atoms with Gasteiger partial charge in [0.2, 0.25) is 5.88 Å². The zero-order valence-electron chi connectivity index (χ0n) is 24.3. The third-order valence-electron chi connectivity index (χ3n) is 8.60. The van der Waals surface area contributed by atoms with Crippen molar-refractivity contribution in [2.24, 2.45) is 0 Å². The van der Waals surface area contributed by atoms with Crippen molar-refractivity contribution in [1.29, 1.82) is 0 Å². The third-order valence-corrected chi connectivity index (χ3v) is 8.60. The van der Waals surface area contributed by atoms with Crippen LogP contribution in [0, 0.1) is 0 Å². The summed E-state index contributed by atoms with van der Waals surface area (Å²) in [6.45, 7) is 3.95. The van der Waals surface area contributed by atoms with E-state index >= 15 is 0 Å². The van der Waals surface area contributed by atoms with Crippen LogP contribution in [0.5, 0.6) is 5.88 Å². The van der Waals surface area contributed by atoms with Crippen molar-refractivity contribution in [2.75, 3.05) is 26.4 Å². The fourth-order valence-electron chi connectivity index (χ4n) is 6.08. The average molecular weight is 600 g/mol. The second kappa shape index (κ2) is 12.3. The van der Waals surface area contributed by atoms with Gasteiger partial charge < -0.3 is 19.1 Å². The molecule has 0 radical (unpaired) electrons. The second-order valence-corrected chi connectivity index (χ2v) is 11.5. The molecule has 0 aliphatic carbocycles. The van der Waals surface area contributed by atoms with Crippen LogP contribution in [-0.2, 0) is 31.0 Å². The monoisotopic (exact) mass is 599 g/mol. The van der Waals surface area contributed by atoms with Gasteiger partial charge in [-0.2, -0.15) is 5.10 Å². The van der Waals surface area contributed by atoms with Crippen LogP contribution >= 0.6 is 0 Å². The Kier molecular flexibility index (Phi) is 7.92. The number of carbonyl (C=O) groups is 1. The fourth-order valence-corrected chi connectivity index (χ4v) is 6.08. The SMILES string of the molecule is O=C(O)c1ccc2nc(CN3CCC(c4cccc(OCc5cnc6cnn(CCF)c6c5)n4)CC3)n(C[C@@H]3CCO3)c2c1. The number of carboxylic acid groups (broad SMARTS) is 1. The molecule has 11 nitrogen and oxygen atoms in total. The average Bonchev–Trinajstić information content (AvgIpc) is 3.58. The summed E-state index contributed by atoms with van der Waals surface area (Å²) in [6.07, 6.45) is 6.45. The van der Waals surface area contributed by atoms with Crippen LogP contribution in [-0.4, -0.2) is 77.8 Å². The van der Waals surface area contributed by atoms with Gasteiger partial charge in [0.15, 0.2) is 0 Å². The fraction of sp³-hybridized carbons (Fsp3) is 0.406. The summed E-state index contributed by atoms with van der Waals surface area (Å²) >= 11 is 0. The lowest BCUT2D eigenvalue weighted by Gasteiger charge is -2.32. The van der Waals surface area contributed by atoms with Gasteiger partial charge in [-0.15, -0.1) is 0 Å². The Hall–Kier alpha value is -4.42. The van der Waals surface area contributed by atoms with E-state index in [4.69, 9.17) is 19.4 Å². The number of pyridine rings is 2. The molecule has 4 aromatic heterocycles. The van der Waals surface area contributed by atoms with E-state index in [1.54, 1.807) is 35.3 Å². The Balaban J connectivity index is 0.993. The molecule has 2 saturated heterocycles. The van der Waals surface area contributed by atoms with E-state index in [-0.39, 0.29) is 18.2 Å². The summed E-state index contributed by atoms with van der Waals surface area (Å²) in [5, 5.41) is 13.7. The summed E-state index contributed by atoms with van der Waals surface area (Å²) in [5.41, 5.74) is 5.31. The molecule has 7 rings (SSSR count). The molecule has 2 aliphatic rings. The Bertz CT molecular complexity index is 1790. The van der Waals surface area contributed by atoms with Gasteiger partial charge in [0.1, 0.15) is 24.6 Å². The normalized spacial score (nSPS) is 17.7. The van der Waals surface area contributed by atoms with Gasteiger partial charge in [-0.05, 0) is 62.7 Å². The molecule has 44 heavy (non-hydrogen) atoms. The van der Waals surface area contributed by atoms with E-state index in [2.05, 4.69) is 25.6 Å². The molecule has 0 saturated carbocycles. The van der Waals surface area contributed by atoms with Crippen molar-refractivity contribution in [1.82, 2.24) is 34.2 Å². The van der Waals surface area contributed by atoms with Crippen LogP contribution in [0.25, 0.3) is 22.1 Å². The molecule has 0 spiro atoms. The molecule has 1 N–H and O–H groups in total. The van der Waals surface area contributed by atoms with Crippen molar-refractivity contribution >= 4 is 28.0 Å². The minimum Gasteiger partial charge on any atom is -0.478 e. The first-order chi connectivity index (χ1) is 21.5. The number of likely N-dealkylation sites (tertiary alicyclic amines) is 1. The van der Waals surface area contributed by atoms with Crippen LogP contribution < -0.4 is 4.74 Å². The maximum atomic E-state index is 12.9. The number of nitrogens with zero attached hydrogens (tertiary/aromatic N) is 7. The number of halogens is 1. The largest absolute Gasteiger partial charge is 0.478 e. The van der Waals surface area contributed by atoms with Gasteiger partial charge in [-0.3, -0.25) is 14.6 Å². The molecule has 0 amide bonds. The quantitative estimate of drug-likeness (QED) is 0.232. The smallest absolute Gasteiger partial charge is 0.335 e. The van der Waals surface area contributed by atoms with E-state index in [0.29, 0.717) is 31.5 Å². The standard InChI is InChI=1S/C32H34FN7O4/c33-9-12-40-29-14-21(16-34-27(29)17-35-40)20-44-31-3-1-2-25(37-31)22-6-10-38(11-7-22)19-30-36-26-5-4-23(32(41)42)15-28(26)39(30)18-24-8-13-43-24/h1-5,14-17,22,24H,6-13,18-20H2,(H,41,42)/t24-/m0/s1. The van der Waals surface area contributed by atoms with Crippen molar-refractivity contribution in [3.8, 4) is 5.88 Å². The van der Waals surface area contributed by atoms with E-state index < -0.39 is 12.6 Å². The van der Waals surface area contributed by atoms with Crippen molar-refractivity contribution in [3.63, 3.8) is 0 Å². The van der Waals surface area contributed by atoms with E-state index in [9.17, 15) is 14.3 Å². The van der Waals surface area contributed by atoms with Crippen molar-refractivity contribution in [3.05, 3.63) is 77.5 Å². The maximum Gasteiger partial charge on any atom is 0.335 e. The van der Waals surface area contributed by atoms with Crippen molar-refractivity contribution in [2.45, 2.75) is 57.5 Å². The molecular formula is C32H34FN7O4. The lowest BCUT2D eigenvalue weighted by atomic mass is 9.93. The highest BCUT2D eigenvalue weighted by atomic mass is 19.1. The number of aromatic carboxylic acids is 1. The minimum absolute atomic E-state index is 0.134. The first-order valence-corrected chi connectivity index (χ1v) is 15.1. The van der Waals surface area contributed by atoms with Gasteiger partial charge in [-0.25, -0.2) is 19.2 Å². The Morgan fingerprint density at radius 2 is 1.91 bits per heavy atom. The number of carboxylic acids is 1. The number of alkyl halides is 1. The number of benzene rings is 1. The van der Waals surface area contributed by atoms with Crippen LogP contribution in [0.4, 0.5) is 4.39 Å². The predicted molar refractivity (Wildman–Crippen MR) is 160 cm³/mol. The minimum atomic E-state index is -0.942. The molecule has 0 unspecified atom stereocenters. The Morgan fingerprint density at radius 3 is 2.68 bits per heavy atom. The van der Waals surface area contributed by atoms with Gasteiger partial charge >= 0.3 is 5.97 Å². The molecule has 228 valence electrons. The lowest BCUT2D eigenvalue weighted by molar-refractivity contribution is -0.0592. The number of ether oxygens (including phenoxy) is 2. The lowest BCUT2D eigenvalue weighted by Crippen LogP contribution is -2.35. The molecule has 6 heterocycles. The van der Waals surface area contributed by atoms with Gasteiger partial charge in [0, 0.05) is 36.0 Å². The van der Waals surface area contributed by atoms with E-state index in [1.807, 2.05) is 18.2 Å². The summed E-state index contributed by atoms with van der Waals surface area (Å²) < 4.78 is 28.4. The Morgan fingerprint density at radius 1 is 1.05 bits per heavy atom. The summed E-state index contributed by atoms with van der Waals surface area (Å²) in [5.74, 6) is 0.881. The first kappa shape index (κ1) is 28.4. The molecule has 1 aromatic carbocycles. The summed E-state index contributed by atoms with van der Waals surface area (Å²) in [6, 6.07) is 13.0. The molecule has 2 fully saturated rings. The van der Waals surface area contributed by atoms with Gasteiger partial charge in [-0.1, -0.05) is 6.07 Å².